The van der Waals surface area contributed by atoms with Gasteiger partial charge < -0.3 is 15.0 Å². The zero-order valence-corrected chi connectivity index (χ0v) is 21.8. The molecule has 1 saturated heterocycles. The Hall–Kier alpha value is -2.93. The standard InChI is InChI=1S/C30H40FN4O/c1-25(2)30(24-32,26-8-4-3-5-9-26)16-6-20-35-21-14-28(15-22-35)34-18-7-17-33-19-23-36-29-12-10-27(31)11-13-29/h3-5,8-13,25,28,34H,6-7,14-16,18-23H2,1-2H3/q+1. The van der Waals surface area contributed by atoms with E-state index >= 15 is 0 Å². The summed E-state index contributed by atoms with van der Waals surface area (Å²) in [6.45, 7) is 9.46. The first-order valence-corrected chi connectivity index (χ1v) is 13.2. The molecular formula is C30H40FN4O+. The van der Waals surface area contributed by atoms with Crippen molar-refractivity contribution in [1.29, 1.82) is 5.26 Å². The first-order valence-electron chi connectivity index (χ1n) is 13.2. The Morgan fingerprint density at radius 2 is 1.86 bits per heavy atom. The summed E-state index contributed by atoms with van der Waals surface area (Å²) in [6.07, 6.45) is 5.01. The van der Waals surface area contributed by atoms with Crippen LogP contribution in [0.1, 0.15) is 51.5 Å². The molecule has 1 aliphatic rings. The highest BCUT2D eigenvalue weighted by Gasteiger charge is 2.35. The topological polar surface area (TPSA) is 52.7 Å². The molecule has 1 atom stereocenters. The Kier molecular flexibility index (Phi) is 11.2. The number of benzene rings is 2. The number of nitrogens with zero attached hydrogens (tertiary/aromatic N) is 3. The van der Waals surface area contributed by atoms with E-state index in [0.29, 0.717) is 24.9 Å². The van der Waals surface area contributed by atoms with E-state index in [1.54, 1.807) is 12.1 Å². The predicted molar refractivity (Wildman–Crippen MR) is 144 cm³/mol. The van der Waals surface area contributed by atoms with Crippen molar-refractivity contribution in [2.45, 2.75) is 57.4 Å². The lowest BCUT2D eigenvalue weighted by atomic mass is 9.70. The van der Waals surface area contributed by atoms with Gasteiger partial charge in [-0.25, -0.2) is 4.39 Å². The van der Waals surface area contributed by atoms with E-state index in [1.807, 2.05) is 18.2 Å². The highest BCUT2D eigenvalue weighted by molar-refractivity contribution is 5.33. The summed E-state index contributed by atoms with van der Waals surface area (Å²) < 4.78 is 18.4. The van der Waals surface area contributed by atoms with Crippen LogP contribution in [0.4, 0.5) is 4.39 Å². The Morgan fingerprint density at radius 3 is 2.53 bits per heavy atom. The molecule has 0 aliphatic carbocycles. The Labute approximate surface area is 216 Å². The van der Waals surface area contributed by atoms with Crippen LogP contribution in [-0.2, 0) is 5.41 Å². The average molecular weight is 492 g/mol. The molecular weight excluding hydrogens is 451 g/mol. The van der Waals surface area contributed by atoms with E-state index in [2.05, 4.69) is 53.2 Å². The molecule has 3 rings (SSSR count). The van der Waals surface area contributed by atoms with Gasteiger partial charge in [-0.3, -0.25) is 0 Å². The van der Waals surface area contributed by atoms with Crippen molar-refractivity contribution in [3.05, 3.63) is 70.8 Å². The van der Waals surface area contributed by atoms with E-state index in [-0.39, 0.29) is 11.7 Å². The lowest BCUT2D eigenvalue weighted by molar-refractivity contribution is 0.189. The lowest BCUT2D eigenvalue weighted by Gasteiger charge is -2.35. The fourth-order valence-corrected chi connectivity index (χ4v) is 4.92. The van der Waals surface area contributed by atoms with Gasteiger partial charge in [-0.1, -0.05) is 49.0 Å². The van der Waals surface area contributed by atoms with E-state index in [0.717, 1.165) is 63.8 Å². The average Bonchev–Trinajstić information content (AvgIpc) is 2.90. The molecule has 0 radical (unpaired) electrons. The van der Waals surface area contributed by atoms with Gasteiger partial charge in [0.25, 0.3) is 12.6 Å². The molecule has 0 spiro atoms. The summed E-state index contributed by atoms with van der Waals surface area (Å²) in [5.74, 6) is 0.668. The Morgan fingerprint density at radius 1 is 1.14 bits per heavy atom. The second-order valence-corrected chi connectivity index (χ2v) is 9.87. The fraction of sp³-hybridized carbons (Fsp3) is 0.533. The van der Waals surface area contributed by atoms with Crippen molar-refractivity contribution < 1.29 is 9.13 Å². The van der Waals surface area contributed by atoms with E-state index in [4.69, 9.17) is 4.74 Å². The van der Waals surface area contributed by atoms with E-state index < -0.39 is 5.41 Å². The van der Waals surface area contributed by atoms with Crippen molar-refractivity contribution in [2.24, 2.45) is 5.92 Å². The smallest absolute Gasteiger partial charge is 0.296 e. The Balaban J connectivity index is 1.28. The summed E-state index contributed by atoms with van der Waals surface area (Å²) in [4.78, 5) is 6.82. The van der Waals surface area contributed by atoms with Crippen LogP contribution in [0.25, 0.3) is 4.85 Å². The number of piperidine rings is 1. The van der Waals surface area contributed by atoms with E-state index in [9.17, 15) is 9.65 Å². The second-order valence-electron chi connectivity index (χ2n) is 9.87. The van der Waals surface area contributed by atoms with Gasteiger partial charge in [-0.15, -0.1) is 0 Å². The van der Waals surface area contributed by atoms with Crippen LogP contribution < -0.4 is 10.1 Å². The van der Waals surface area contributed by atoms with Gasteiger partial charge in [0.05, 0.1) is 17.9 Å². The van der Waals surface area contributed by atoms with Gasteiger partial charge in [0, 0.05) is 12.6 Å². The van der Waals surface area contributed by atoms with Gasteiger partial charge in [0.2, 0.25) is 0 Å². The third kappa shape index (κ3) is 8.33. The van der Waals surface area contributed by atoms with Crippen LogP contribution in [-0.4, -0.2) is 50.3 Å². The van der Waals surface area contributed by atoms with Crippen molar-refractivity contribution in [2.75, 3.05) is 39.3 Å². The molecule has 1 aliphatic heterocycles. The molecule has 0 amide bonds. The number of nitrogens with one attached hydrogen (secondary N) is 1. The largest absolute Gasteiger partial charge is 0.486 e. The molecule has 0 saturated carbocycles. The van der Waals surface area contributed by atoms with Gasteiger partial charge in [0.15, 0.2) is 6.61 Å². The van der Waals surface area contributed by atoms with Gasteiger partial charge in [-0.05, 0) is 81.1 Å². The number of hydrogen-bond acceptors (Lipinski definition) is 4. The number of hydrogen-bond donors (Lipinski definition) is 1. The van der Waals surface area contributed by atoms with Crippen LogP contribution in [0.15, 0.2) is 54.6 Å². The summed E-state index contributed by atoms with van der Waals surface area (Å²) in [5.41, 5.74) is 0.734. The quantitative estimate of drug-likeness (QED) is 0.377. The molecule has 1 unspecified atom stereocenters. The lowest BCUT2D eigenvalue weighted by Crippen LogP contribution is -2.43. The molecule has 36 heavy (non-hydrogen) atoms. The summed E-state index contributed by atoms with van der Waals surface area (Å²) in [6, 6.07) is 22.6. The van der Waals surface area contributed by atoms with Gasteiger partial charge >= 0.3 is 0 Å². The molecule has 1 N–H and O–H groups in total. The fourth-order valence-electron chi connectivity index (χ4n) is 4.92. The van der Waals surface area contributed by atoms with Crippen LogP contribution in [0.3, 0.4) is 0 Å². The minimum Gasteiger partial charge on any atom is -0.486 e. The van der Waals surface area contributed by atoms with Crippen LogP contribution in [0.2, 0.25) is 0 Å². The van der Waals surface area contributed by atoms with Crippen LogP contribution in [0, 0.1) is 29.1 Å². The summed E-state index contributed by atoms with van der Waals surface area (Å²) >= 11 is 0. The number of rotatable bonds is 12. The number of likely N-dealkylation sites (tertiary alicyclic amines) is 1. The number of ether oxygens (including phenoxy) is 1. The summed E-state index contributed by atoms with van der Waals surface area (Å²) in [7, 11) is 0. The molecule has 0 bridgehead atoms. The summed E-state index contributed by atoms with van der Waals surface area (Å²) in [5, 5.41) is 13.7. The van der Waals surface area contributed by atoms with E-state index in [1.165, 1.54) is 12.1 Å². The first-order chi connectivity index (χ1) is 17.5. The minimum absolute atomic E-state index is 0.265. The molecule has 6 heteroatoms. The van der Waals surface area contributed by atoms with Gasteiger partial charge in [-0.2, -0.15) is 5.26 Å². The maximum Gasteiger partial charge on any atom is 0.296 e. The minimum atomic E-state index is -0.410. The molecule has 2 aromatic carbocycles. The molecule has 1 fully saturated rings. The third-order valence-corrected chi connectivity index (χ3v) is 7.17. The maximum atomic E-state index is 12.9. The number of nitriles is 1. The Bertz CT molecular complexity index is 1000. The first kappa shape index (κ1) is 27.7. The van der Waals surface area contributed by atoms with Crippen molar-refractivity contribution in [3.8, 4) is 17.9 Å². The maximum absolute atomic E-state index is 12.9. The van der Waals surface area contributed by atoms with Crippen LogP contribution in [0.5, 0.6) is 5.75 Å². The second kappa shape index (κ2) is 14.6. The molecule has 2 aromatic rings. The van der Waals surface area contributed by atoms with Crippen molar-refractivity contribution >= 4 is 0 Å². The molecule has 5 nitrogen and oxygen atoms in total. The third-order valence-electron chi connectivity index (χ3n) is 7.17. The molecule has 1 heterocycles. The van der Waals surface area contributed by atoms with Gasteiger partial charge in [0.1, 0.15) is 11.6 Å². The normalized spacial score (nSPS) is 16.1. The SMILES string of the molecule is CC(C)C(C#N)(CCCN1CCC(NCCC#[N+]CCOc2ccc(F)cc2)CC1)c1ccccc1. The highest BCUT2D eigenvalue weighted by Crippen LogP contribution is 2.36. The highest BCUT2D eigenvalue weighted by atomic mass is 19.1. The zero-order valence-electron chi connectivity index (χ0n) is 21.8. The monoisotopic (exact) mass is 491 g/mol. The van der Waals surface area contributed by atoms with Crippen molar-refractivity contribution in [3.63, 3.8) is 0 Å². The molecule has 0 aromatic heterocycles. The molecule has 192 valence electrons. The predicted octanol–water partition coefficient (Wildman–Crippen LogP) is 5.88. The van der Waals surface area contributed by atoms with Crippen LogP contribution >= 0.6 is 0 Å². The number of halogens is 1. The van der Waals surface area contributed by atoms with Crippen molar-refractivity contribution in [1.82, 2.24) is 10.2 Å². The zero-order chi connectivity index (χ0) is 25.6.